The maximum Gasteiger partial charge on any atom is 0.142 e. The summed E-state index contributed by atoms with van der Waals surface area (Å²) in [7, 11) is 0. The van der Waals surface area contributed by atoms with E-state index in [1.165, 1.54) is 31.2 Å². The molecule has 21 heavy (non-hydrogen) atoms. The first-order chi connectivity index (χ1) is 10.3. The van der Waals surface area contributed by atoms with Gasteiger partial charge in [-0.15, -0.1) is 0 Å². The molecule has 4 rings (SSSR count). The van der Waals surface area contributed by atoms with Crippen molar-refractivity contribution in [3.8, 4) is 5.75 Å². The molecule has 1 aliphatic heterocycles. The van der Waals surface area contributed by atoms with Gasteiger partial charge in [0.25, 0.3) is 0 Å². The Kier molecular flexibility index (Phi) is 3.02. The fraction of sp³-hybridized carbons (Fsp3) is 0.412. The maximum atomic E-state index is 6.02. The minimum absolute atomic E-state index is 0.102. The molecule has 1 fully saturated rings. The number of nitrogens with two attached hydrogens (primary N) is 1. The van der Waals surface area contributed by atoms with Crippen LogP contribution in [0.5, 0.6) is 5.75 Å². The number of rotatable bonds is 2. The van der Waals surface area contributed by atoms with Gasteiger partial charge in [-0.25, -0.2) is 9.97 Å². The average Bonchev–Trinajstić information content (AvgIpc) is 3.16. The largest absolute Gasteiger partial charge is 0.492 e. The predicted molar refractivity (Wildman–Crippen MR) is 81.4 cm³/mol. The van der Waals surface area contributed by atoms with Gasteiger partial charge in [-0.3, -0.25) is 0 Å². The molecule has 2 heterocycles. The van der Waals surface area contributed by atoms with Crippen molar-refractivity contribution in [2.75, 3.05) is 12.3 Å². The summed E-state index contributed by atoms with van der Waals surface area (Å²) in [4.78, 5) is 9.30. The molecule has 0 saturated heterocycles. The van der Waals surface area contributed by atoms with Crippen LogP contribution in [-0.2, 0) is 0 Å². The Morgan fingerprint density at radius 3 is 2.76 bits per heavy atom. The summed E-state index contributed by atoms with van der Waals surface area (Å²) in [5, 5.41) is 0. The van der Waals surface area contributed by atoms with Gasteiger partial charge in [-0.2, -0.15) is 0 Å². The van der Waals surface area contributed by atoms with Gasteiger partial charge in [-0.1, -0.05) is 31.0 Å². The molecule has 0 bridgehead atoms. The lowest BCUT2D eigenvalue weighted by Gasteiger charge is -2.14. The molecule has 4 nitrogen and oxygen atoms in total. The molecule has 1 aromatic carbocycles. The van der Waals surface area contributed by atoms with E-state index in [1.807, 2.05) is 24.3 Å². The smallest absolute Gasteiger partial charge is 0.142 e. The van der Waals surface area contributed by atoms with Crippen LogP contribution in [0.4, 0.5) is 5.82 Å². The van der Waals surface area contributed by atoms with Crippen LogP contribution in [0.25, 0.3) is 0 Å². The molecule has 1 aliphatic carbocycles. The van der Waals surface area contributed by atoms with Crippen molar-refractivity contribution in [1.29, 1.82) is 0 Å². The van der Waals surface area contributed by atoms with E-state index in [-0.39, 0.29) is 5.92 Å². The van der Waals surface area contributed by atoms with E-state index in [0.717, 1.165) is 17.3 Å². The van der Waals surface area contributed by atoms with E-state index in [0.29, 0.717) is 18.3 Å². The van der Waals surface area contributed by atoms with Gasteiger partial charge in [-0.05, 0) is 18.9 Å². The number of hydrogen-bond acceptors (Lipinski definition) is 4. The molecule has 0 amide bonds. The standard InChI is InChI=1S/C17H19N3O/c18-16-9-14(11-5-1-2-6-11)19-17(20-16)13-10-21-15-8-4-3-7-12(13)15/h3-4,7-9,11,13H,1-2,5-6,10H2,(H2,18,19,20). The number of fused-ring (bicyclic) bond motifs is 1. The van der Waals surface area contributed by atoms with Crippen LogP contribution in [0.3, 0.4) is 0 Å². The summed E-state index contributed by atoms with van der Waals surface area (Å²) in [5.41, 5.74) is 8.30. The van der Waals surface area contributed by atoms with Crippen molar-refractivity contribution in [3.63, 3.8) is 0 Å². The Balaban J connectivity index is 1.72. The number of hydrogen-bond donors (Lipinski definition) is 1. The molecule has 0 radical (unpaired) electrons. The minimum atomic E-state index is 0.102. The van der Waals surface area contributed by atoms with E-state index >= 15 is 0 Å². The van der Waals surface area contributed by atoms with Gasteiger partial charge in [0.2, 0.25) is 0 Å². The monoisotopic (exact) mass is 281 g/mol. The van der Waals surface area contributed by atoms with E-state index in [1.54, 1.807) is 0 Å². The summed E-state index contributed by atoms with van der Waals surface area (Å²) in [5.74, 6) is 2.97. The Hall–Kier alpha value is -2.10. The van der Waals surface area contributed by atoms with E-state index in [4.69, 9.17) is 15.5 Å². The van der Waals surface area contributed by atoms with Crippen molar-refractivity contribution >= 4 is 5.82 Å². The van der Waals surface area contributed by atoms with Crippen molar-refractivity contribution in [3.05, 3.63) is 47.4 Å². The molecular weight excluding hydrogens is 262 g/mol. The van der Waals surface area contributed by atoms with E-state index < -0.39 is 0 Å². The van der Waals surface area contributed by atoms with Crippen LogP contribution >= 0.6 is 0 Å². The zero-order chi connectivity index (χ0) is 14.2. The second-order valence-corrected chi connectivity index (χ2v) is 5.96. The number of nitrogen functional groups attached to an aromatic ring is 1. The lowest BCUT2D eigenvalue weighted by atomic mass is 9.99. The Morgan fingerprint density at radius 2 is 1.90 bits per heavy atom. The number of para-hydroxylation sites is 1. The zero-order valence-corrected chi connectivity index (χ0v) is 12.0. The SMILES string of the molecule is Nc1cc(C2CCCC2)nc(C2COc3ccccc32)n1. The molecule has 1 unspecified atom stereocenters. The van der Waals surface area contributed by atoms with Gasteiger partial charge in [0.15, 0.2) is 0 Å². The predicted octanol–water partition coefficient (Wildman–Crippen LogP) is 3.24. The highest BCUT2D eigenvalue weighted by Gasteiger charge is 2.29. The van der Waals surface area contributed by atoms with Gasteiger partial charge in [0.1, 0.15) is 24.0 Å². The Bertz CT molecular complexity index is 665. The third-order valence-corrected chi connectivity index (χ3v) is 4.57. The number of aromatic nitrogens is 2. The molecule has 1 saturated carbocycles. The molecular formula is C17H19N3O. The molecule has 1 atom stereocenters. The number of anilines is 1. The first-order valence-corrected chi connectivity index (χ1v) is 7.67. The van der Waals surface area contributed by atoms with Crippen LogP contribution in [-0.4, -0.2) is 16.6 Å². The normalized spacial score (nSPS) is 21.2. The van der Waals surface area contributed by atoms with Crippen LogP contribution < -0.4 is 10.5 Å². The fourth-order valence-electron chi connectivity index (χ4n) is 3.47. The number of nitrogens with zero attached hydrogens (tertiary/aromatic N) is 2. The van der Waals surface area contributed by atoms with Crippen LogP contribution in [0.2, 0.25) is 0 Å². The average molecular weight is 281 g/mol. The van der Waals surface area contributed by atoms with E-state index in [2.05, 4.69) is 11.1 Å². The molecule has 2 aliphatic rings. The second-order valence-electron chi connectivity index (χ2n) is 5.96. The van der Waals surface area contributed by atoms with E-state index in [9.17, 15) is 0 Å². The number of ether oxygens (including phenoxy) is 1. The minimum Gasteiger partial charge on any atom is -0.492 e. The highest BCUT2D eigenvalue weighted by molar-refractivity contribution is 5.44. The Morgan fingerprint density at radius 1 is 1.10 bits per heavy atom. The fourth-order valence-corrected chi connectivity index (χ4v) is 3.47. The summed E-state index contributed by atoms with van der Waals surface area (Å²) in [6.07, 6.45) is 5.01. The quantitative estimate of drug-likeness (QED) is 0.918. The molecule has 0 spiro atoms. The lowest BCUT2D eigenvalue weighted by molar-refractivity contribution is 0.339. The molecule has 1 aromatic heterocycles. The molecule has 4 heteroatoms. The maximum absolute atomic E-state index is 6.02. The highest BCUT2D eigenvalue weighted by atomic mass is 16.5. The summed E-state index contributed by atoms with van der Waals surface area (Å²) < 4.78 is 5.75. The topological polar surface area (TPSA) is 61.0 Å². The summed E-state index contributed by atoms with van der Waals surface area (Å²) in [6.45, 7) is 0.604. The third-order valence-electron chi connectivity index (χ3n) is 4.57. The zero-order valence-electron chi connectivity index (χ0n) is 12.0. The van der Waals surface area contributed by atoms with Crippen molar-refractivity contribution in [2.24, 2.45) is 0 Å². The summed E-state index contributed by atoms with van der Waals surface area (Å²) >= 11 is 0. The Labute approximate surface area is 124 Å². The van der Waals surface area contributed by atoms with Gasteiger partial charge < -0.3 is 10.5 Å². The van der Waals surface area contributed by atoms with Gasteiger partial charge >= 0.3 is 0 Å². The molecule has 2 N–H and O–H groups in total. The van der Waals surface area contributed by atoms with Crippen molar-refractivity contribution < 1.29 is 4.74 Å². The van der Waals surface area contributed by atoms with Crippen molar-refractivity contribution in [1.82, 2.24) is 9.97 Å². The molecule has 108 valence electrons. The van der Waals surface area contributed by atoms with Gasteiger partial charge in [0, 0.05) is 23.2 Å². The van der Waals surface area contributed by atoms with Crippen LogP contribution in [0, 0.1) is 0 Å². The number of benzene rings is 1. The van der Waals surface area contributed by atoms with Crippen LogP contribution in [0.15, 0.2) is 30.3 Å². The lowest BCUT2D eigenvalue weighted by Crippen LogP contribution is -2.12. The molecule has 2 aromatic rings. The van der Waals surface area contributed by atoms with Crippen molar-refractivity contribution in [2.45, 2.75) is 37.5 Å². The first-order valence-electron chi connectivity index (χ1n) is 7.67. The second kappa shape index (κ2) is 5.02. The van der Waals surface area contributed by atoms with Gasteiger partial charge in [0.05, 0.1) is 5.92 Å². The summed E-state index contributed by atoms with van der Waals surface area (Å²) in [6, 6.07) is 10.1. The third kappa shape index (κ3) is 2.24. The highest BCUT2D eigenvalue weighted by Crippen LogP contribution is 2.38. The van der Waals surface area contributed by atoms with Crippen LogP contribution in [0.1, 0.15) is 54.6 Å². The first kappa shape index (κ1) is 12.6.